The van der Waals surface area contributed by atoms with Crippen molar-refractivity contribution in [1.82, 2.24) is 0 Å². The molecule has 0 saturated heterocycles. The van der Waals surface area contributed by atoms with Crippen molar-refractivity contribution in [2.45, 2.75) is 6.92 Å². The Balaban J connectivity index is 4.68. The maximum absolute atomic E-state index is 10.9. The molecule has 0 heterocycles. The van der Waals surface area contributed by atoms with Crippen LogP contribution in [0, 0.1) is 0 Å². The van der Waals surface area contributed by atoms with Gasteiger partial charge >= 0.3 is 11.9 Å². The summed E-state index contributed by atoms with van der Waals surface area (Å²) in [6, 6.07) is 0. The summed E-state index contributed by atoms with van der Waals surface area (Å²) in [4.78, 5) is 21.7. The predicted molar refractivity (Wildman–Crippen MR) is 45.7 cm³/mol. The van der Waals surface area contributed by atoms with Gasteiger partial charge in [-0.2, -0.15) is 0 Å². The Morgan fingerprint density at radius 1 is 1.08 bits per heavy atom. The molecule has 0 aliphatic rings. The number of ether oxygens (including phenoxy) is 2. The monoisotopic (exact) mass is 236 g/mol. The van der Waals surface area contributed by atoms with Crippen LogP contribution in [-0.4, -0.2) is 26.2 Å². The molecule has 0 amide bonds. The fourth-order valence-electron chi connectivity index (χ4n) is 0.485. The molecule has 0 aromatic rings. The Bertz CT molecular complexity index is 208. The van der Waals surface area contributed by atoms with Crippen LogP contribution in [-0.2, 0) is 19.1 Å². The van der Waals surface area contributed by atoms with Crippen LogP contribution in [0.3, 0.4) is 0 Å². The fraction of sp³-hybridized carbons (Fsp3) is 0.429. The Morgan fingerprint density at radius 3 is 1.83 bits per heavy atom. The van der Waals surface area contributed by atoms with Crippen molar-refractivity contribution in [2.75, 3.05) is 14.2 Å². The van der Waals surface area contributed by atoms with Gasteiger partial charge in [0.15, 0.2) is 0 Å². The quantitative estimate of drug-likeness (QED) is 0.531. The van der Waals surface area contributed by atoms with E-state index in [9.17, 15) is 9.59 Å². The lowest BCUT2D eigenvalue weighted by atomic mass is 10.3. The molecule has 0 radical (unpaired) electrons. The number of rotatable bonds is 2. The lowest BCUT2D eigenvalue weighted by Crippen LogP contribution is -2.09. The van der Waals surface area contributed by atoms with Crippen LogP contribution in [0.4, 0.5) is 0 Å². The van der Waals surface area contributed by atoms with Crippen LogP contribution in [0.25, 0.3) is 0 Å². The molecule has 0 rings (SSSR count). The van der Waals surface area contributed by atoms with Crippen LogP contribution in [0.15, 0.2) is 10.1 Å². The molecule has 4 nitrogen and oxygen atoms in total. The molecule has 0 aliphatic heterocycles. The highest BCUT2D eigenvalue weighted by molar-refractivity contribution is 9.12. The van der Waals surface area contributed by atoms with Crippen molar-refractivity contribution in [2.24, 2.45) is 0 Å². The van der Waals surface area contributed by atoms with Gasteiger partial charge in [-0.25, -0.2) is 9.59 Å². The van der Waals surface area contributed by atoms with Gasteiger partial charge in [-0.05, 0) is 22.9 Å². The highest BCUT2D eigenvalue weighted by Gasteiger charge is 2.15. The number of halogens is 1. The molecular weight excluding hydrogens is 228 g/mol. The molecule has 12 heavy (non-hydrogen) atoms. The summed E-state index contributed by atoms with van der Waals surface area (Å²) in [5, 5.41) is 0. The molecule has 0 unspecified atom stereocenters. The smallest absolute Gasteiger partial charge is 0.345 e. The second kappa shape index (κ2) is 4.92. The average molecular weight is 237 g/mol. The molecule has 0 aromatic heterocycles. The van der Waals surface area contributed by atoms with E-state index in [2.05, 4.69) is 25.4 Å². The van der Waals surface area contributed by atoms with E-state index in [1.807, 2.05) is 0 Å². The van der Waals surface area contributed by atoms with Crippen molar-refractivity contribution >= 4 is 27.9 Å². The average Bonchev–Trinajstić information content (AvgIpc) is 2.12. The van der Waals surface area contributed by atoms with E-state index in [1.165, 1.54) is 21.1 Å². The second-order valence-electron chi connectivity index (χ2n) is 1.92. The second-order valence-corrected chi connectivity index (χ2v) is 2.72. The summed E-state index contributed by atoms with van der Waals surface area (Å²) < 4.78 is 8.85. The van der Waals surface area contributed by atoms with Gasteiger partial charge in [0, 0.05) is 0 Å². The van der Waals surface area contributed by atoms with Crippen molar-refractivity contribution in [3.8, 4) is 0 Å². The highest BCUT2D eigenvalue weighted by atomic mass is 79.9. The first-order valence-electron chi connectivity index (χ1n) is 3.07. The Hall–Kier alpha value is -0.840. The van der Waals surface area contributed by atoms with Gasteiger partial charge in [-0.15, -0.1) is 0 Å². The van der Waals surface area contributed by atoms with Gasteiger partial charge in [0.25, 0.3) is 0 Å². The Labute approximate surface area is 78.7 Å². The topological polar surface area (TPSA) is 52.6 Å². The van der Waals surface area contributed by atoms with E-state index in [-0.39, 0.29) is 10.1 Å². The predicted octanol–water partition coefficient (Wildman–Crippen LogP) is 1.00. The summed E-state index contributed by atoms with van der Waals surface area (Å²) in [7, 11) is 2.47. The molecule has 0 fully saturated rings. The maximum Gasteiger partial charge on any atom is 0.345 e. The first-order chi connectivity index (χ1) is 5.54. The molecule has 0 spiro atoms. The summed E-state index contributed by atoms with van der Waals surface area (Å²) in [6.07, 6.45) is 0. The molecule has 0 aromatic carbocycles. The molecule has 0 bridgehead atoms. The normalized spacial score (nSPS) is 11.7. The molecule has 0 saturated carbocycles. The van der Waals surface area contributed by atoms with Crippen LogP contribution >= 0.6 is 15.9 Å². The van der Waals surface area contributed by atoms with E-state index in [1.54, 1.807) is 0 Å². The third-order valence-corrected chi connectivity index (χ3v) is 2.10. The largest absolute Gasteiger partial charge is 0.466 e. The number of hydrogen-bond acceptors (Lipinski definition) is 4. The van der Waals surface area contributed by atoms with Gasteiger partial charge in [0.05, 0.1) is 19.8 Å². The van der Waals surface area contributed by atoms with Crippen molar-refractivity contribution in [3.05, 3.63) is 10.1 Å². The molecule has 5 heteroatoms. The molecule has 68 valence electrons. The fourth-order valence-corrected chi connectivity index (χ4v) is 0.809. The number of carbonyl (C=O) groups is 2. The number of methoxy groups -OCH3 is 2. The summed E-state index contributed by atoms with van der Waals surface area (Å²) in [6.45, 7) is 1.47. The van der Waals surface area contributed by atoms with E-state index >= 15 is 0 Å². The zero-order chi connectivity index (χ0) is 9.72. The van der Waals surface area contributed by atoms with Crippen molar-refractivity contribution in [3.63, 3.8) is 0 Å². The zero-order valence-corrected chi connectivity index (χ0v) is 8.60. The standard InChI is InChI=1S/C7H9BrO4/c1-4(6(9)11-2)5(8)7(10)12-3/h1-3H3. The van der Waals surface area contributed by atoms with Gasteiger partial charge < -0.3 is 9.47 Å². The third kappa shape index (κ3) is 2.65. The van der Waals surface area contributed by atoms with Crippen molar-refractivity contribution in [1.29, 1.82) is 0 Å². The first-order valence-corrected chi connectivity index (χ1v) is 3.86. The lowest BCUT2D eigenvalue weighted by molar-refractivity contribution is -0.138. The minimum atomic E-state index is -0.599. The first kappa shape index (κ1) is 11.2. The minimum Gasteiger partial charge on any atom is -0.466 e. The summed E-state index contributed by atoms with van der Waals surface area (Å²) in [5.41, 5.74) is 0.185. The van der Waals surface area contributed by atoms with Gasteiger partial charge in [-0.1, -0.05) is 0 Å². The SMILES string of the molecule is COC(=O)C(C)=C(Br)C(=O)OC. The van der Waals surface area contributed by atoms with Crippen LogP contribution < -0.4 is 0 Å². The van der Waals surface area contributed by atoms with Gasteiger partial charge in [0.1, 0.15) is 4.48 Å². The highest BCUT2D eigenvalue weighted by Crippen LogP contribution is 2.14. The number of esters is 2. The van der Waals surface area contributed by atoms with Crippen LogP contribution in [0.2, 0.25) is 0 Å². The number of carbonyl (C=O) groups excluding carboxylic acids is 2. The summed E-state index contributed by atoms with van der Waals surface area (Å²) in [5.74, 6) is -1.16. The van der Waals surface area contributed by atoms with E-state index in [4.69, 9.17) is 0 Å². The Morgan fingerprint density at radius 2 is 1.50 bits per heavy atom. The van der Waals surface area contributed by atoms with E-state index in [0.29, 0.717) is 0 Å². The van der Waals surface area contributed by atoms with Gasteiger partial charge in [-0.3, -0.25) is 0 Å². The van der Waals surface area contributed by atoms with Gasteiger partial charge in [0.2, 0.25) is 0 Å². The Kier molecular flexibility index (Phi) is 4.58. The number of hydrogen-bond donors (Lipinski definition) is 0. The molecular formula is C7H9BrO4. The zero-order valence-electron chi connectivity index (χ0n) is 7.01. The lowest BCUT2D eigenvalue weighted by Gasteiger charge is -2.01. The van der Waals surface area contributed by atoms with E-state index in [0.717, 1.165) is 0 Å². The molecule has 0 aliphatic carbocycles. The van der Waals surface area contributed by atoms with Crippen LogP contribution in [0.5, 0.6) is 0 Å². The van der Waals surface area contributed by atoms with E-state index < -0.39 is 11.9 Å². The third-order valence-electron chi connectivity index (χ3n) is 1.19. The minimum absolute atomic E-state index is 0.0804. The molecule has 0 atom stereocenters. The van der Waals surface area contributed by atoms with Crippen LogP contribution in [0.1, 0.15) is 6.92 Å². The summed E-state index contributed by atoms with van der Waals surface area (Å²) >= 11 is 2.91. The van der Waals surface area contributed by atoms with Crippen molar-refractivity contribution < 1.29 is 19.1 Å². The molecule has 0 N–H and O–H groups in total. The maximum atomic E-state index is 10.9.